The fraction of sp³-hybridized carbons (Fsp3) is 0.400. The van der Waals surface area contributed by atoms with Crippen LogP contribution in [0, 0.1) is 0 Å². The Balaban J connectivity index is 0.000000640. The Morgan fingerprint density at radius 2 is 2.33 bits per heavy atom. The Bertz CT molecular complexity index is 135. The fourth-order valence-electron chi connectivity index (χ4n) is 0.642. The first-order valence-corrected chi connectivity index (χ1v) is 2.45. The van der Waals surface area contributed by atoms with Crippen molar-refractivity contribution in [2.45, 2.75) is 6.42 Å². The fourth-order valence-corrected chi connectivity index (χ4v) is 0.642. The molecule has 0 spiro atoms. The van der Waals surface area contributed by atoms with E-state index in [1.807, 2.05) is 0 Å². The van der Waals surface area contributed by atoms with Gasteiger partial charge in [-0.15, -0.1) is 0 Å². The SMILES string of the molecule is O=C([O-])N1C=CCC1.[Na+]. The average molecular weight is 135 g/mol. The zero-order chi connectivity index (χ0) is 5.98. The third-order valence-electron chi connectivity index (χ3n) is 1.06. The molecule has 0 N–H and O–H groups in total. The van der Waals surface area contributed by atoms with Gasteiger partial charge in [0.1, 0.15) is 6.09 Å². The molecule has 1 heterocycles. The van der Waals surface area contributed by atoms with E-state index in [9.17, 15) is 9.90 Å². The van der Waals surface area contributed by atoms with E-state index in [2.05, 4.69) is 0 Å². The number of carbonyl (C=O) groups is 1. The van der Waals surface area contributed by atoms with Crippen LogP contribution in [0.2, 0.25) is 0 Å². The smallest absolute Gasteiger partial charge is 0.530 e. The number of rotatable bonds is 0. The second kappa shape index (κ2) is 3.93. The Kier molecular flexibility index (Phi) is 3.93. The zero-order valence-electron chi connectivity index (χ0n) is 5.33. The molecule has 0 aromatic carbocycles. The molecule has 0 atom stereocenters. The van der Waals surface area contributed by atoms with Crippen LogP contribution in [0.1, 0.15) is 6.42 Å². The van der Waals surface area contributed by atoms with E-state index in [0.717, 1.165) is 11.3 Å². The van der Waals surface area contributed by atoms with Gasteiger partial charge in [0, 0.05) is 12.7 Å². The van der Waals surface area contributed by atoms with Gasteiger partial charge in [-0.2, -0.15) is 0 Å². The summed E-state index contributed by atoms with van der Waals surface area (Å²) < 4.78 is 0. The molecular weight excluding hydrogens is 129 g/mol. The molecule has 1 rings (SSSR count). The monoisotopic (exact) mass is 135 g/mol. The molecule has 0 aromatic heterocycles. The van der Waals surface area contributed by atoms with Crippen molar-refractivity contribution in [2.75, 3.05) is 6.54 Å². The van der Waals surface area contributed by atoms with E-state index in [1.165, 1.54) is 6.20 Å². The first-order valence-electron chi connectivity index (χ1n) is 2.45. The molecule has 0 fully saturated rings. The minimum Gasteiger partial charge on any atom is -0.530 e. The predicted molar refractivity (Wildman–Crippen MR) is 25.9 cm³/mol. The van der Waals surface area contributed by atoms with Gasteiger partial charge in [-0.25, -0.2) is 0 Å². The molecule has 0 radical (unpaired) electrons. The van der Waals surface area contributed by atoms with Crippen molar-refractivity contribution < 1.29 is 39.5 Å². The van der Waals surface area contributed by atoms with Crippen molar-refractivity contribution in [1.82, 2.24) is 4.90 Å². The number of carboxylic acid groups (broad SMARTS) is 1. The van der Waals surface area contributed by atoms with Crippen molar-refractivity contribution >= 4 is 6.09 Å². The largest absolute Gasteiger partial charge is 1.00 e. The van der Waals surface area contributed by atoms with Gasteiger partial charge in [-0.05, 0) is 6.42 Å². The van der Waals surface area contributed by atoms with Gasteiger partial charge in [0.15, 0.2) is 0 Å². The van der Waals surface area contributed by atoms with Crippen LogP contribution in [0.5, 0.6) is 0 Å². The summed E-state index contributed by atoms with van der Waals surface area (Å²) in [5.74, 6) is 0. The minimum absolute atomic E-state index is 0. The number of hydrogen-bond donors (Lipinski definition) is 0. The first-order chi connectivity index (χ1) is 3.80. The zero-order valence-corrected chi connectivity index (χ0v) is 7.33. The first kappa shape index (κ1) is 9.01. The molecule has 0 aliphatic carbocycles. The van der Waals surface area contributed by atoms with Gasteiger partial charge in [0.2, 0.25) is 0 Å². The molecule has 1 aliphatic heterocycles. The van der Waals surface area contributed by atoms with Gasteiger partial charge in [0.25, 0.3) is 0 Å². The van der Waals surface area contributed by atoms with E-state index >= 15 is 0 Å². The Morgan fingerprint density at radius 3 is 2.56 bits per heavy atom. The third kappa shape index (κ3) is 2.39. The third-order valence-corrected chi connectivity index (χ3v) is 1.06. The minimum atomic E-state index is -1.11. The number of hydrogen-bond acceptors (Lipinski definition) is 2. The topological polar surface area (TPSA) is 43.4 Å². The molecule has 9 heavy (non-hydrogen) atoms. The number of amides is 1. The maximum Gasteiger partial charge on any atom is 1.00 e. The van der Waals surface area contributed by atoms with Crippen LogP contribution in [0.4, 0.5) is 4.79 Å². The molecule has 0 saturated carbocycles. The molecular formula is C5H6NNaO2. The van der Waals surface area contributed by atoms with E-state index in [4.69, 9.17) is 0 Å². The van der Waals surface area contributed by atoms with Gasteiger partial charge < -0.3 is 14.8 Å². The normalized spacial score (nSPS) is 15.3. The molecule has 0 bridgehead atoms. The molecule has 4 heteroatoms. The van der Waals surface area contributed by atoms with Crippen molar-refractivity contribution in [1.29, 1.82) is 0 Å². The van der Waals surface area contributed by atoms with E-state index in [1.54, 1.807) is 6.08 Å². The predicted octanol–water partition coefficient (Wildman–Crippen LogP) is -3.45. The van der Waals surface area contributed by atoms with Gasteiger partial charge >= 0.3 is 29.6 Å². The summed E-state index contributed by atoms with van der Waals surface area (Å²) in [6.07, 6.45) is 3.03. The van der Waals surface area contributed by atoms with E-state index < -0.39 is 6.09 Å². The van der Waals surface area contributed by atoms with Crippen LogP contribution in [0.3, 0.4) is 0 Å². The second-order valence-corrected chi connectivity index (χ2v) is 1.63. The van der Waals surface area contributed by atoms with E-state index in [-0.39, 0.29) is 29.6 Å². The molecule has 0 aromatic rings. The maximum absolute atomic E-state index is 9.97. The van der Waals surface area contributed by atoms with Crippen molar-refractivity contribution in [3.63, 3.8) is 0 Å². The Morgan fingerprint density at radius 1 is 1.67 bits per heavy atom. The van der Waals surface area contributed by atoms with Crippen molar-refractivity contribution in [2.24, 2.45) is 0 Å². The quantitative estimate of drug-likeness (QED) is 0.324. The molecule has 3 nitrogen and oxygen atoms in total. The molecule has 44 valence electrons. The summed E-state index contributed by atoms with van der Waals surface area (Å²) in [6, 6.07) is 0. The maximum atomic E-state index is 9.97. The van der Waals surface area contributed by atoms with Gasteiger partial charge in [-0.1, -0.05) is 6.08 Å². The van der Waals surface area contributed by atoms with Crippen LogP contribution in [-0.2, 0) is 0 Å². The average Bonchev–Trinajstić information content (AvgIpc) is 2.12. The Hall–Kier alpha value is 0.0100. The second-order valence-electron chi connectivity index (χ2n) is 1.63. The molecule has 1 amide bonds. The van der Waals surface area contributed by atoms with E-state index in [0.29, 0.717) is 6.54 Å². The summed E-state index contributed by atoms with van der Waals surface area (Å²) in [5.41, 5.74) is 0. The molecule has 1 aliphatic rings. The summed E-state index contributed by atoms with van der Waals surface area (Å²) in [7, 11) is 0. The van der Waals surface area contributed by atoms with Crippen LogP contribution in [0.15, 0.2) is 12.3 Å². The van der Waals surface area contributed by atoms with Crippen LogP contribution in [0.25, 0.3) is 0 Å². The van der Waals surface area contributed by atoms with Crippen molar-refractivity contribution in [3.8, 4) is 0 Å². The summed E-state index contributed by atoms with van der Waals surface area (Å²) in [4.78, 5) is 11.1. The number of nitrogens with zero attached hydrogens (tertiary/aromatic N) is 1. The number of carbonyl (C=O) groups excluding carboxylic acids is 1. The van der Waals surface area contributed by atoms with Crippen LogP contribution >= 0.6 is 0 Å². The van der Waals surface area contributed by atoms with Crippen LogP contribution < -0.4 is 34.7 Å². The van der Waals surface area contributed by atoms with Crippen molar-refractivity contribution in [3.05, 3.63) is 12.3 Å². The Labute approximate surface area is 75.6 Å². The summed E-state index contributed by atoms with van der Waals surface area (Å²) in [6.45, 7) is 0.558. The molecule has 0 unspecified atom stereocenters. The summed E-state index contributed by atoms with van der Waals surface area (Å²) >= 11 is 0. The van der Waals surface area contributed by atoms with Gasteiger partial charge in [-0.3, -0.25) is 0 Å². The molecule has 0 saturated heterocycles. The standard InChI is InChI=1S/C5H7NO2.Na/c7-5(8)6-3-1-2-4-6;/h1,3H,2,4H2,(H,7,8);/q;+1/p-1. The van der Waals surface area contributed by atoms with Crippen LogP contribution in [-0.4, -0.2) is 17.5 Å². The van der Waals surface area contributed by atoms with Gasteiger partial charge in [0.05, 0.1) is 0 Å². The summed E-state index contributed by atoms with van der Waals surface area (Å²) in [5, 5.41) is 9.97.